The van der Waals surface area contributed by atoms with E-state index < -0.39 is 17.9 Å². The van der Waals surface area contributed by atoms with E-state index in [2.05, 4.69) is 4.99 Å². The second-order valence-electron chi connectivity index (χ2n) is 4.97. The lowest BCUT2D eigenvalue weighted by Gasteiger charge is -2.13. The number of aliphatic hydroxyl groups excluding tert-OH is 2. The van der Waals surface area contributed by atoms with E-state index in [9.17, 15) is 20.1 Å². The van der Waals surface area contributed by atoms with Gasteiger partial charge in [-0.05, 0) is 26.0 Å². The minimum atomic E-state index is -1.35. The van der Waals surface area contributed by atoms with Crippen LogP contribution in [0.25, 0.3) is 10.9 Å². The summed E-state index contributed by atoms with van der Waals surface area (Å²) >= 11 is 0. The Hall–Kier alpha value is -2.18. The van der Waals surface area contributed by atoms with E-state index >= 15 is 0 Å². The van der Waals surface area contributed by atoms with E-state index in [-0.39, 0.29) is 17.0 Å². The van der Waals surface area contributed by atoms with Crippen LogP contribution < -0.4 is 5.56 Å². The molecule has 0 aliphatic rings. The molecule has 6 heteroatoms. The van der Waals surface area contributed by atoms with Crippen molar-refractivity contribution in [1.29, 1.82) is 0 Å². The first-order valence-electron chi connectivity index (χ1n) is 6.56. The number of rotatable bonds is 3. The maximum atomic E-state index is 12.4. The molecule has 2 aromatic rings. The van der Waals surface area contributed by atoms with Gasteiger partial charge in [0.15, 0.2) is 6.23 Å². The van der Waals surface area contributed by atoms with Gasteiger partial charge in [0.05, 0.1) is 17.3 Å². The van der Waals surface area contributed by atoms with E-state index in [1.54, 1.807) is 31.3 Å². The number of aromatic nitrogens is 1. The van der Waals surface area contributed by atoms with Gasteiger partial charge in [-0.15, -0.1) is 0 Å². The molecule has 2 rings (SSSR count). The molecule has 2 atom stereocenters. The number of hydrogen-bond donors (Lipinski definition) is 3. The number of fused-ring (bicyclic) bond motifs is 1. The van der Waals surface area contributed by atoms with E-state index in [1.165, 1.54) is 18.4 Å². The molecular formula is C15H18N2O4. The number of hydrogen-bond acceptors (Lipinski definition) is 5. The molecule has 0 saturated heterocycles. The fraction of sp³-hybridized carbons (Fsp3) is 0.333. The van der Waals surface area contributed by atoms with E-state index in [1.807, 2.05) is 0 Å². The zero-order valence-electron chi connectivity index (χ0n) is 12.1. The van der Waals surface area contributed by atoms with Crippen molar-refractivity contribution in [2.24, 2.45) is 12.0 Å². The summed E-state index contributed by atoms with van der Waals surface area (Å²) in [6.45, 7) is 2.90. The molecule has 1 aromatic carbocycles. The third kappa shape index (κ3) is 2.68. The fourth-order valence-electron chi connectivity index (χ4n) is 2.18. The Morgan fingerprint density at radius 2 is 1.90 bits per heavy atom. The predicted molar refractivity (Wildman–Crippen MR) is 80.8 cm³/mol. The average molecular weight is 290 g/mol. The zero-order chi connectivity index (χ0) is 15.7. The lowest BCUT2D eigenvalue weighted by Crippen LogP contribution is -2.27. The molecule has 0 bridgehead atoms. The van der Waals surface area contributed by atoms with Crippen LogP contribution in [0.4, 0.5) is 0 Å². The summed E-state index contributed by atoms with van der Waals surface area (Å²) in [5.41, 5.74) is 0.390. The van der Waals surface area contributed by atoms with Crippen molar-refractivity contribution in [3.8, 4) is 5.75 Å². The quantitative estimate of drug-likeness (QED) is 0.727. The Balaban J connectivity index is 2.73. The molecule has 1 heterocycles. The topological polar surface area (TPSA) is 95.1 Å². The van der Waals surface area contributed by atoms with Crippen LogP contribution in [0.2, 0.25) is 0 Å². The van der Waals surface area contributed by atoms with Gasteiger partial charge in [-0.2, -0.15) is 0 Å². The maximum absolute atomic E-state index is 12.4. The highest BCUT2D eigenvalue weighted by Crippen LogP contribution is 2.26. The van der Waals surface area contributed by atoms with Gasteiger partial charge in [-0.25, -0.2) is 0 Å². The number of aromatic hydroxyl groups is 1. The first-order valence-corrected chi connectivity index (χ1v) is 6.56. The van der Waals surface area contributed by atoms with Gasteiger partial charge in [-0.1, -0.05) is 12.1 Å². The molecule has 0 aliphatic carbocycles. The van der Waals surface area contributed by atoms with Gasteiger partial charge in [0.1, 0.15) is 11.3 Å². The Kier molecular flexibility index (Phi) is 4.11. The zero-order valence-corrected chi connectivity index (χ0v) is 12.1. The summed E-state index contributed by atoms with van der Waals surface area (Å²) in [5.74, 6) is -0.173. The summed E-state index contributed by atoms with van der Waals surface area (Å²) in [5, 5.41) is 29.7. The van der Waals surface area contributed by atoms with Gasteiger partial charge in [0, 0.05) is 12.4 Å². The summed E-state index contributed by atoms with van der Waals surface area (Å²) in [6, 6.07) is 6.97. The Morgan fingerprint density at radius 1 is 1.29 bits per heavy atom. The third-order valence-corrected chi connectivity index (χ3v) is 3.40. The van der Waals surface area contributed by atoms with Crippen LogP contribution in [0.1, 0.15) is 19.4 Å². The second kappa shape index (κ2) is 5.67. The Morgan fingerprint density at radius 3 is 2.52 bits per heavy atom. The molecule has 6 nitrogen and oxygen atoms in total. The largest absolute Gasteiger partial charge is 0.506 e. The normalized spacial score (nSPS) is 15.2. The number of benzene rings is 1. The van der Waals surface area contributed by atoms with Crippen molar-refractivity contribution < 1.29 is 15.3 Å². The number of pyridine rings is 1. The lowest BCUT2D eigenvalue weighted by atomic mass is 10.1. The van der Waals surface area contributed by atoms with Crippen LogP contribution in [-0.2, 0) is 7.05 Å². The Labute approximate surface area is 121 Å². The van der Waals surface area contributed by atoms with E-state index in [0.717, 1.165) is 0 Å². The molecule has 0 spiro atoms. The first-order chi connectivity index (χ1) is 9.84. The van der Waals surface area contributed by atoms with E-state index in [4.69, 9.17) is 0 Å². The summed E-state index contributed by atoms with van der Waals surface area (Å²) in [6.07, 6.45) is -2.41. The summed E-state index contributed by atoms with van der Waals surface area (Å²) < 4.78 is 1.41. The molecule has 0 radical (unpaired) electrons. The van der Waals surface area contributed by atoms with Crippen LogP contribution in [0.3, 0.4) is 0 Å². The van der Waals surface area contributed by atoms with Crippen molar-refractivity contribution >= 4 is 16.6 Å². The molecule has 0 unspecified atom stereocenters. The first kappa shape index (κ1) is 15.2. The molecule has 0 fully saturated rings. The average Bonchev–Trinajstić information content (AvgIpc) is 2.45. The molecule has 112 valence electrons. The minimum absolute atomic E-state index is 0.0240. The van der Waals surface area contributed by atoms with Gasteiger partial charge in [0.25, 0.3) is 5.56 Å². The van der Waals surface area contributed by atoms with Gasteiger partial charge in [-0.3, -0.25) is 9.79 Å². The summed E-state index contributed by atoms with van der Waals surface area (Å²) in [4.78, 5) is 16.2. The molecular weight excluding hydrogens is 272 g/mol. The number of aliphatic imine (C=N–C) groups is 1. The number of aliphatic hydroxyl groups is 2. The van der Waals surface area contributed by atoms with Gasteiger partial charge >= 0.3 is 0 Å². The smallest absolute Gasteiger partial charge is 0.263 e. The number of aryl methyl sites for hydroxylation is 1. The standard InChI is InChI=1S/C15H18N2O4/c1-8(16-14(20)9(2)18)12-13(19)10-6-4-5-7-11(10)17(3)15(12)21/h4-7,9,14,18-20H,1-3H3/t9-,14-/m1/s1. The lowest BCUT2D eigenvalue weighted by molar-refractivity contribution is 0.0376. The maximum Gasteiger partial charge on any atom is 0.263 e. The number of para-hydroxylation sites is 1. The number of nitrogens with zero attached hydrogens (tertiary/aromatic N) is 2. The van der Waals surface area contributed by atoms with Gasteiger partial charge in [0.2, 0.25) is 0 Å². The van der Waals surface area contributed by atoms with Crippen LogP contribution in [0.15, 0.2) is 34.1 Å². The molecule has 0 aliphatic heterocycles. The SMILES string of the molecule is CC(=N[C@H](O)[C@@H](C)O)c1c(O)c2ccccc2n(C)c1=O. The highest BCUT2D eigenvalue weighted by molar-refractivity contribution is 6.05. The van der Waals surface area contributed by atoms with Crippen LogP contribution in [-0.4, -0.2) is 37.9 Å². The van der Waals surface area contributed by atoms with Crippen molar-refractivity contribution in [3.05, 3.63) is 40.2 Å². The van der Waals surface area contributed by atoms with E-state index in [0.29, 0.717) is 10.9 Å². The highest BCUT2D eigenvalue weighted by Gasteiger charge is 2.18. The second-order valence-corrected chi connectivity index (χ2v) is 4.97. The van der Waals surface area contributed by atoms with Gasteiger partial charge < -0.3 is 19.9 Å². The molecule has 21 heavy (non-hydrogen) atoms. The molecule has 1 aromatic heterocycles. The molecule has 3 N–H and O–H groups in total. The monoisotopic (exact) mass is 290 g/mol. The predicted octanol–water partition coefficient (Wildman–Crippen LogP) is 0.752. The van der Waals surface area contributed by atoms with Crippen molar-refractivity contribution in [3.63, 3.8) is 0 Å². The third-order valence-electron chi connectivity index (χ3n) is 3.40. The van der Waals surface area contributed by atoms with Crippen LogP contribution >= 0.6 is 0 Å². The summed E-state index contributed by atoms with van der Waals surface area (Å²) in [7, 11) is 1.60. The van der Waals surface area contributed by atoms with Crippen LogP contribution in [0, 0.1) is 0 Å². The highest BCUT2D eigenvalue weighted by atomic mass is 16.3. The fourth-order valence-corrected chi connectivity index (χ4v) is 2.18. The van der Waals surface area contributed by atoms with Crippen molar-refractivity contribution in [2.45, 2.75) is 26.2 Å². The Bertz CT molecular complexity index is 762. The minimum Gasteiger partial charge on any atom is -0.506 e. The van der Waals surface area contributed by atoms with Crippen molar-refractivity contribution in [2.75, 3.05) is 0 Å². The molecule has 0 saturated carbocycles. The van der Waals surface area contributed by atoms with Crippen LogP contribution in [0.5, 0.6) is 5.75 Å². The molecule has 0 amide bonds. The van der Waals surface area contributed by atoms with Crippen molar-refractivity contribution in [1.82, 2.24) is 4.57 Å².